The van der Waals surface area contributed by atoms with Crippen molar-refractivity contribution in [1.82, 2.24) is 0 Å². The predicted molar refractivity (Wildman–Crippen MR) is 123 cm³/mol. The van der Waals surface area contributed by atoms with E-state index in [-0.39, 0.29) is 13.2 Å². The summed E-state index contributed by atoms with van der Waals surface area (Å²) in [5, 5.41) is 37.6. The first-order valence-electron chi connectivity index (χ1n) is 10.5. The zero-order valence-corrected chi connectivity index (χ0v) is 24.5. The van der Waals surface area contributed by atoms with Crippen molar-refractivity contribution in [3.8, 4) is 0 Å². The number of halogens is 8. The molecule has 4 N–H and O–H groups in total. The maximum Gasteiger partial charge on any atom is 0.501 e. The van der Waals surface area contributed by atoms with E-state index in [2.05, 4.69) is 37.2 Å². The van der Waals surface area contributed by atoms with Gasteiger partial charge in [0.1, 0.15) is 48.8 Å². The van der Waals surface area contributed by atoms with Crippen LogP contribution in [-0.4, -0.2) is 102 Å². The van der Waals surface area contributed by atoms with Crippen molar-refractivity contribution in [1.29, 1.82) is 0 Å². The third-order valence-corrected chi connectivity index (χ3v) is 6.18. The molecule has 0 aliphatic carbocycles. The Morgan fingerprint density at radius 3 is 1.76 bits per heavy atom. The molecule has 5 saturated heterocycles. The van der Waals surface area contributed by atoms with Gasteiger partial charge in [0.2, 0.25) is 0 Å². The maximum atomic E-state index is 13.9. The van der Waals surface area contributed by atoms with Crippen molar-refractivity contribution >= 4 is 49.8 Å². The van der Waals surface area contributed by atoms with E-state index in [0.29, 0.717) is 13.3 Å². The monoisotopic (exact) mass is 881 g/mol. The molecule has 0 aromatic heterocycles. The van der Waals surface area contributed by atoms with Crippen molar-refractivity contribution in [3.05, 3.63) is 29.1 Å². The first-order valence-corrected chi connectivity index (χ1v) is 23.0. The fourth-order valence-corrected chi connectivity index (χ4v) is 4.33. The first kappa shape index (κ1) is 30.7. The summed E-state index contributed by atoms with van der Waals surface area (Å²) >= 11 is 5.30. The minimum atomic E-state index is -2.27. The zero-order chi connectivity index (χ0) is 27.2. The molecule has 0 saturated carbocycles. The minimum absolute atomic E-state index is 0.0517. The molecule has 5 heterocycles. The van der Waals surface area contributed by atoms with Crippen LogP contribution in [-0.2, 0) is 28.3 Å². The van der Waals surface area contributed by atoms with Crippen molar-refractivity contribution in [3.63, 3.8) is 0 Å². The summed E-state index contributed by atoms with van der Waals surface area (Å²) in [4.78, 5) is 0. The van der Waals surface area contributed by atoms with Gasteiger partial charge in [0.05, 0.1) is 18.7 Å². The largest absolute Gasteiger partial charge is 0.501 e. The molecule has 19 heteroatoms. The van der Waals surface area contributed by atoms with Crippen LogP contribution in [0.2, 0.25) is 0 Å². The van der Waals surface area contributed by atoms with Gasteiger partial charge in [-0.1, -0.05) is 0 Å². The predicted octanol–water partition coefficient (Wildman–Crippen LogP) is -3.42. The molecule has 0 radical (unpaired) electrons. The van der Waals surface area contributed by atoms with Gasteiger partial charge in [0.15, 0.2) is 41.7 Å². The molecule has 210 valence electrons. The van der Waals surface area contributed by atoms with E-state index in [1.54, 1.807) is 0 Å². The van der Waals surface area contributed by atoms with Gasteiger partial charge in [-0.05, 0) is 0 Å². The van der Waals surface area contributed by atoms with Gasteiger partial charge in [-0.15, -0.1) is 0 Å². The van der Waals surface area contributed by atoms with E-state index in [4.69, 9.17) is 33.4 Å². The van der Waals surface area contributed by atoms with Crippen LogP contribution in [0.25, 0.3) is 0 Å². The average molecular weight is 881 g/mol. The van der Waals surface area contributed by atoms with E-state index in [1.165, 1.54) is 0 Å². The molecule has 6 rings (SSSR count). The molecule has 0 amide bonds. The van der Waals surface area contributed by atoms with E-state index in [1.807, 2.05) is 0 Å². The van der Waals surface area contributed by atoms with Crippen LogP contribution < -0.4 is 18.7 Å². The van der Waals surface area contributed by atoms with E-state index < -0.39 is 103 Å². The van der Waals surface area contributed by atoms with E-state index in [0.717, 1.165) is 0 Å². The Morgan fingerprint density at radius 2 is 1.14 bits per heavy atom. The van der Waals surface area contributed by atoms with Crippen molar-refractivity contribution in [2.75, 3.05) is 13.2 Å². The normalized spacial score (nSPS) is 39.6. The van der Waals surface area contributed by atoms with Gasteiger partial charge in [0.25, 0.3) is 0 Å². The Bertz CT molecular complexity index is 922. The molecule has 1 aromatic rings. The van der Waals surface area contributed by atoms with Crippen molar-refractivity contribution in [2.45, 2.75) is 61.4 Å². The second-order valence-electron chi connectivity index (χ2n) is 8.29. The Balaban J connectivity index is 0.000000190. The number of hydrogen-bond acceptors (Lipinski definition) is 10. The Labute approximate surface area is 235 Å². The van der Waals surface area contributed by atoms with Crippen LogP contribution in [0.4, 0.5) is 22.0 Å². The molecule has 10 nitrogen and oxygen atoms in total. The van der Waals surface area contributed by atoms with E-state index >= 15 is 0 Å². The van der Waals surface area contributed by atoms with E-state index in [9.17, 15) is 37.3 Å². The van der Waals surface area contributed by atoms with Gasteiger partial charge in [0, 0.05) is 0 Å². The fraction of sp³-hybridized carbons (Fsp3) is 0.667. The summed E-state index contributed by atoms with van der Waals surface area (Å²) in [5.41, 5.74) is -1.25. The number of aliphatic hydroxyl groups excluding tert-OH is 4. The number of ether oxygens (including phenoxy) is 4. The molecular weight excluding hydrogens is 863 g/mol. The number of hydrogen-bond donors (Lipinski definition) is 4. The van der Waals surface area contributed by atoms with Gasteiger partial charge in [-0.2, -0.15) is 0 Å². The van der Waals surface area contributed by atoms with Gasteiger partial charge >= 0.3 is 57.6 Å². The molecule has 5 aliphatic rings. The SMILES string of the molecule is I[I-]I.OC1[C@@H]2OC[C@@H](O2)C(O)[C@@H]1O.O[C@@H]1C2OB(c3c(F)c(F)c(F)c(F)c3F)OC1[C@H]1CO[C@@H]2O1. The maximum absolute atomic E-state index is 13.9. The fourth-order valence-electron chi connectivity index (χ4n) is 4.33. The summed E-state index contributed by atoms with van der Waals surface area (Å²) in [5.74, 6) is -10.6. The van der Waals surface area contributed by atoms with Gasteiger partial charge < -0.3 is 48.7 Å². The summed E-state index contributed by atoms with van der Waals surface area (Å²) in [6.45, 7) is 0.288. The number of rotatable bonds is 1. The first-order chi connectivity index (χ1) is 17.5. The smallest absolute Gasteiger partial charge is 0.399 e. The standard InChI is InChI=1S/C12H8BF5O5.C6H10O5.I3/c14-4-3(5(15)7(17)8(18)6(4)16)13-22-10-2-1-20-12(21-2)11(23-13)9(10)19;7-3-2-1-10-6(11-2)5(9)4(3)8;1-3-2/h2,9-12,19H,1H2;2-9H,1H2;/q;;-1/t2-,9+,10?,11?,12-;2-,3?,4+,5?,6-;/m11./s1. The summed E-state index contributed by atoms with van der Waals surface area (Å²) in [6, 6.07) is 0. The molecular formula is C18H18BF5I3O10-. The Morgan fingerprint density at radius 1 is 0.649 bits per heavy atom. The number of fused-ring (bicyclic) bond motifs is 8. The summed E-state index contributed by atoms with van der Waals surface area (Å²) in [7, 11) is -1.88. The molecule has 0 spiro atoms. The van der Waals surface area contributed by atoms with Crippen molar-refractivity contribution in [2.24, 2.45) is 0 Å². The van der Waals surface area contributed by atoms with Crippen LogP contribution in [0.3, 0.4) is 0 Å². The molecule has 5 aliphatic heterocycles. The Kier molecular flexibility index (Phi) is 10.5. The third-order valence-electron chi connectivity index (χ3n) is 6.18. The van der Waals surface area contributed by atoms with Crippen LogP contribution >= 0.6 is 37.2 Å². The van der Waals surface area contributed by atoms with Crippen LogP contribution in [0.1, 0.15) is 0 Å². The third kappa shape index (κ3) is 5.89. The summed E-state index contributed by atoms with van der Waals surface area (Å²) in [6.07, 6.45) is -9.76. The van der Waals surface area contributed by atoms with Crippen LogP contribution in [0.15, 0.2) is 0 Å². The molecule has 37 heavy (non-hydrogen) atoms. The molecule has 6 bridgehead atoms. The number of aliphatic hydroxyl groups is 4. The zero-order valence-electron chi connectivity index (χ0n) is 18.0. The average Bonchev–Trinajstić information content (AvgIpc) is 3.53. The quantitative estimate of drug-likeness (QED) is 0.0744. The van der Waals surface area contributed by atoms with Gasteiger partial charge in [-0.3, -0.25) is 0 Å². The van der Waals surface area contributed by atoms with Crippen LogP contribution in [0, 0.1) is 29.1 Å². The number of benzene rings is 1. The molecule has 1 aromatic carbocycles. The summed E-state index contributed by atoms with van der Waals surface area (Å²) < 4.78 is 98.2. The van der Waals surface area contributed by atoms with Gasteiger partial charge in [-0.25, -0.2) is 22.0 Å². The topological polar surface area (TPSA) is 136 Å². The Hall–Kier alpha value is 0.725. The second kappa shape index (κ2) is 12.7. The van der Waals surface area contributed by atoms with Crippen LogP contribution in [0.5, 0.6) is 0 Å². The minimum Gasteiger partial charge on any atom is -0.399 e. The van der Waals surface area contributed by atoms with Crippen molar-refractivity contribution < 1.29 is 83.9 Å². The second-order valence-corrected chi connectivity index (χ2v) is 24.5. The molecule has 10 atom stereocenters. The molecule has 5 fully saturated rings. The molecule has 4 unspecified atom stereocenters.